The van der Waals surface area contributed by atoms with Crippen LogP contribution in [0, 0.1) is 0 Å². The Bertz CT molecular complexity index is 141. The number of hydrogen-bond donors (Lipinski definition) is 0. The van der Waals surface area contributed by atoms with Crippen molar-refractivity contribution in [2.45, 2.75) is 25.7 Å². The zero-order valence-electron chi connectivity index (χ0n) is 6.19. The molecule has 0 spiro atoms. The van der Waals surface area contributed by atoms with Gasteiger partial charge in [-0.15, -0.1) is 24.8 Å². The van der Waals surface area contributed by atoms with Gasteiger partial charge in [0.1, 0.15) is 0 Å². The van der Waals surface area contributed by atoms with Gasteiger partial charge in [-0.3, -0.25) is 0 Å². The first-order valence-electron chi connectivity index (χ1n) is 3.38. The summed E-state index contributed by atoms with van der Waals surface area (Å²) in [6, 6.07) is 0. The van der Waals surface area contributed by atoms with Crippen LogP contribution in [0.4, 0.5) is 0 Å². The second kappa shape index (κ2) is 8.82. The van der Waals surface area contributed by atoms with Crippen LogP contribution in [0.5, 0.6) is 0 Å². The maximum atomic E-state index is 3.23. The Kier molecular flexibility index (Phi) is 11.4. The van der Waals surface area contributed by atoms with E-state index in [1.807, 2.05) is 0 Å². The molecule has 0 aromatic rings. The van der Waals surface area contributed by atoms with E-state index >= 15 is 0 Å². The molecule has 0 radical (unpaired) electrons. The summed E-state index contributed by atoms with van der Waals surface area (Å²) in [5, 5.41) is 0. The van der Waals surface area contributed by atoms with Crippen LogP contribution in [0.15, 0.2) is 22.3 Å². The summed E-state index contributed by atoms with van der Waals surface area (Å²) in [5.74, 6) is 0. The van der Waals surface area contributed by atoms with Gasteiger partial charge < -0.3 is 0 Å². The molecular weight excluding hydrogens is 273 g/mol. The van der Waals surface area contributed by atoms with Crippen LogP contribution in [0.2, 0.25) is 0 Å². The van der Waals surface area contributed by atoms with E-state index in [1.165, 1.54) is 29.7 Å². The molecule has 0 aromatic carbocycles. The van der Waals surface area contributed by atoms with Crippen molar-refractivity contribution in [3.63, 3.8) is 0 Å². The third kappa shape index (κ3) is 7.10. The predicted molar refractivity (Wildman–Crippen MR) is 50.2 cm³/mol. The fourth-order valence-electron chi connectivity index (χ4n) is 0.891. The average molecular weight is 287 g/mol. The predicted octanol–water partition coefficient (Wildman–Crippen LogP) is 3.39. The van der Waals surface area contributed by atoms with Crippen molar-refractivity contribution in [3.8, 4) is 0 Å². The van der Waals surface area contributed by atoms with Crippen molar-refractivity contribution in [2.24, 2.45) is 0 Å². The van der Waals surface area contributed by atoms with E-state index in [1.54, 1.807) is 0 Å². The molecule has 0 heterocycles. The first kappa shape index (κ1) is 14.3. The number of hydrogen-bond acceptors (Lipinski definition) is 0. The molecule has 0 fully saturated rings. The summed E-state index contributed by atoms with van der Waals surface area (Å²) in [6.07, 6.45) is 11.7. The van der Waals surface area contributed by atoms with E-state index in [0.29, 0.717) is 0 Å². The Morgan fingerprint density at radius 1 is 1.18 bits per heavy atom. The van der Waals surface area contributed by atoms with Crippen LogP contribution in [-0.4, -0.2) is 0 Å². The van der Waals surface area contributed by atoms with Crippen molar-refractivity contribution in [1.29, 1.82) is 0 Å². The summed E-state index contributed by atoms with van der Waals surface area (Å²) in [4.78, 5) is 0. The molecule has 0 aromatic heterocycles. The molecule has 0 saturated heterocycles. The Morgan fingerprint density at radius 3 is 2.64 bits per heavy atom. The molecule has 0 saturated carbocycles. The molecular formula is C8H13Cl2Pd. The van der Waals surface area contributed by atoms with Gasteiger partial charge in [0.05, 0.1) is 0 Å². The van der Waals surface area contributed by atoms with Gasteiger partial charge in [0.15, 0.2) is 0 Å². The molecule has 0 aliphatic heterocycles. The van der Waals surface area contributed by atoms with E-state index in [4.69, 9.17) is 0 Å². The molecule has 11 heavy (non-hydrogen) atoms. The van der Waals surface area contributed by atoms with Gasteiger partial charge >= 0.3 is 67.2 Å². The van der Waals surface area contributed by atoms with Crippen LogP contribution < -0.4 is 0 Å². The van der Waals surface area contributed by atoms with Gasteiger partial charge in [-0.25, -0.2) is 0 Å². The molecule has 0 N–H and O–H groups in total. The Balaban J connectivity index is 0. The van der Waals surface area contributed by atoms with E-state index in [-0.39, 0.29) is 24.8 Å². The normalized spacial score (nSPS) is 16.7. The van der Waals surface area contributed by atoms with E-state index in [9.17, 15) is 0 Å². The van der Waals surface area contributed by atoms with Crippen LogP contribution in [0.1, 0.15) is 25.7 Å². The first-order valence-corrected chi connectivity index (χ1v) is 4.15. The molecule has 1 aliphatic rings. The fourth-order valence-corrected chi connectivity index (χ4v) is 1.32. The van der Waals surface area contributed by atoms with Gasteiger partial charge in [0.2, 0.25) is 0 Å². The van der Waals surface area contributed by atoms with Crippen LogP contribution in [-0.2, 0) is 19.2 Å². The van der Waals surface area contributed by atoms with Crippen LogP contribution in [0.3, 0.4) is 0 Å². The maximum absolute atomic E-state index is 3.23. The second-order valence-corrected chi connectivity index (χ2v) is 3.25. The van der Waals surface area contributed by atoms with Gasteiger partial charge in [-0.1, -0.05) is 0 Å². The topological polar surface area (TPSA) is 0 Å². The van der Waals surface area contributed by atoms with Crippen molar-refractivity contribution in [3.05, 3.63) is 22.3 Å². The minimum absolute atomic E-state index is 0. The second-order valence-electron chi connectivity index (χ2n) is 2.25. The summed E-state index contributed by atoms with van der Waals surface area (Å²) in [5.41, 5.74) is 0. The molecule has 1 rings (SSSR count). The molecule has 1 aliphatic carbocycles. The monoisotopic (exact) mass is 285 g/mol. The minimum atomic E-state index is 0. The standard InChI is InChI=1S/C8H11.2ClH.Pd/c1-2-4-6-8-7-5-3-1;;;/h1-3H,4,6-8H2;2*1H;. The zero-order chi connectivity index (χ0) is 6.53. The summed E-state index contributed by atoms with van der Waals surface area (Å²) >= 11 is 3.23. The van der Waals surface area contributed by atoms with Crippen LogP contribution >= 0.6 is 24.8 Å². The number of rotatable bonds is 0. The molecule has 0 bridgehead atoms. The van der Waals surface area contributed by atoms with Crippen molar-refractivity contribution in [2.75, 3.05) is 0 Å². The number of allylic oxidation sites excluding steroid dienone is 4. The third-order valence-electron chi connectivity index (χ3n) is 1.42. The van der Waals surface area contributed by atoms with E-state index < -0.39 is 0 Å². The average Bonchev–Trinajstić information content (AvgIpc) is 1.79. The van der Waals surface area contributed by atoms with Crippen molar-refractivity contribution < 1.29 is 19.2 Å². The molecule has 0 unspecified atom stereocenters. The van der Waals surface area contributed by atoms with Gasteiger partial charge in [-0.05, 0) is 0 Å². The van der Waals surface area contributed by atoms with Crippen molar-refractivity contribution in [1.82, 2.24) is 0 Å². The van der Waals surface area contributed by atoms with Gasteiger partial charge in [0, 0.05) is 0 Å². The van der Waals surface area contributed by atoms with E-state index in [0.717, 1.165) is 0 Å². The summed E-state index contributed by atoms with van der Waals surface area (Å²) in [7, 11) is 0. The molecule has 0 atom stereocenters. The molecule has 69 valence electrons. The quantitative estimate of drug-likeness (QED) is 0.599. The molecule has 3 heteroatoms. The Morgan fingerprint density at radius 2 is 1.91 bits per heavy atom. The van der Waals surface area contributed by atoms with Gasteiger partial charge in [0.25, 0.3) is 0 Å². The molecule has 0 amide bonds. The number of halogens is 2. The first-order chi connectivity index (χ1) is 4.39. The van der Waals surface area contributed by atoms with Crippen molar-refractivity contribution >= 4 is 24.8 Å². The van der Waals surface area contributed by atoms with E-state index in [2.05, 4.69) is 37.4 Å². The molecule has 0 nitrogen and oxygen atoms in total. The summed E-state index contributed by atoms with van der Waals surface area (Å²) < 4.78 is 1.37. The van der Waals surface area contributed by atoms with Gasteiger partial charge in [-0.2, -0.15) is 0 Å². The Labute approximate surface area is 91.7 Å². The SMILES string of the molecule is Cl.Cl.[Pd][C]1=CC=CCCCC1. The van der Waals surface area contributed by atoms with Crippen LogP contribution in [0.25, 0.3) is 0 Å². The fraction of sp³-hybridized carbons (Fsp3) is 0.500. The zero-order valence-corrected chi connectivity index (χ0v) is 9.38. The third-order valence-corrected chi connectivity index (χ3v) is 2.07. The Hall–Kier alpha value is 0.722. The summed E-state index contributed by atoms with van der Waals surface area (Å²) in [6.45, 7) is 0.